The lowest BCUT2D eigenvalue weighted by atomic mass is 9.98. The molecule has 0 fully saturated rings. The van der Waals surface area contributed by atoms with Crippen molar-refractivity contribution in [3.8, 4) is 40.0 Å². The van der Waals surface area contributed by atoms with Crippen molar-refractivity contribution in [2.24, 2.45) is 4.99 Å². The lowest BCUT2D eigenvalue weighted by Gasteiger charge is -2.05. The third-order valence-corrected chi connectivity index (χ3v) is 5.33. The average molecular weight is 473 g/mol. The maximum Gasteiger partial charge on any atom is 0.238 e. The van der Waals surface area contributed by atoms with Gasteiger partial charge in [0.25, 0.3) is 0 Å². The number of benzene rings is 3. The van der Waals surface area contributed by atoms with Crippen molar-refractivity contribution in [1.29, 1.82) is 5.26 Å². The largest absolute Gasteiger partial charge is 0.506 e. The summed E-state index contributed by atoms with van der Waals surface area (Å²) in [4.78, 5) is 4.41. The van der Waals surface area contributed by atoms with Gasteiger partial charge in [-0.05, 0) is 33.6 Å². The highest BCUT2D eigenvalue weighted by molar-refractivity contribution is 9.10. The van der Waals surface area contributed by atoms with Gasteiger partial charge in [-0.2, -0.15) is 5.26 Å². The lowest BCUT2D eigenvalue weighted by molar-refractivity contribution is 0.411. The summed E-state index contributed by atoms with van der Waals surface area (Å²) in [5.74, 6) is 1.30. The fraction of sp³-hybridized carbons (Fsp3) is 0.0400. The topological polar surface area (TPSA) is 78.8 Å². The van der Waals surface area contributed by atoms with Gasteiger partial charge in [0.05, 0.1) is 11.6 Å². The van der Waals surface area contributed by atoms with Crippen LogP contribution in [-0.2, 0) is 0 Å². The average Bonchev–Trinajstić information content (AvgIpc) is 3.19. The number of aromatic hydroxyl groups is 1. The van der Waals surface area contributed by atoms with Gasteiger partial charge < -0.3 is 14.3 Å². The van der Waals surface area contributed by atoms with E-state index in [2.05, 4.69) is 27.0 Å². The summed E-state index contributed by atoms with van der Waals surface area (Å²) in [5.41, 5.74) is 3.12. The third-order valence-electron chi connectivity index (χ3n) is 4.72. The number of hydrogen-bond acceptors (Lipinski definition) is 5. The van der Waals surface area contributed by atoms with Crippen LogP contribution in [0, 0.1) is 11.3 Å². The van der Waals surface area contributed by atoms with Gasteiger partial charge in [-0.1, -0.05) is 60.7 Å². The van der Waals surface area contributed by atoms with Crippen LogP contribution in [0.1, 0.15) is 11.1 Å². The van der Waals surface area contributed by atoms with E-state index in [1.807, 2.05) is 60.7 Å². The van der Waals surface area contributed by atoms with E-state index in [0.717, 1.165) is 11.1 Å². The molecule has 0 saturated heterocycles. The maximum atomic E-state index is 10.3. The molecular formula is C25H17BrN2O3. The molecule has 0 atom stereocenters. The quantitative estimate of drug-likeness (QED) is 0.327. The summed E-state index contributed by atoms with van der Waals surface area (Å²) in [5, 5.41) is 20.3. The SMILES string of the molecule is COc1cc(Br)c(O)c(C=Nc2oc(-c3ccccc3)c(-c3ccccc3)c2C#N)c1. The number of rotatable bonds is 5. The summed E-state index contributed by atoms with van der Waals surface area (Å²) >= 11 is 3.30. The maximum absolute atomic E-state index is 10.3. The highest BCUT2D eigenvalue weighted by Crippen LogP contribution is 2.42. The zero-order valence-corrected chi connectivity index (χ0v) is 18.1. The van der Waals surface area contributed by atoms with E-state index in [-0.39, 0.29) is 11.6 Å². The van der Waals surface area contributed by atoms with Crippen molar-refractivity contribution >= 4 is 28.0 Å². The first-order valence-electron chi connectivity index (χ1n) is 9.40. The Bertz CT molecular complexity index is 1290. The van der Waals surface area contributed by atoms with E-state index in [0.29, 0.717) is 32.7 Å². The summed E-state index contributed by atoms with van der Waals surface area (Å²) < 4.78 is 11.8. The number of halogens is 1. The third kappa shape index (κ3) is 4.09. The fourth-order valence-electron chi connectivity index (χ4n) is 3.23. The highest BCUT2D eigenvalue weighted by atomic mass is 79.9. The van der Waals surface area contributed by atoms with Crippen molar-refractivity contribution in [1.82, 2.24) is 0 Å². The lowest BCUT2D eigenvalue weighted by Crippen LogP contribution is -1.88. The Balaban J connectivity index is 1.89. The minimum atomic E-state index is 0.0150. The summed E-state index contributed by atoms with van der Waals surface area (Å²) in [7, 11) is 1.54. The molecule has 0 amide bonds. The molecule has 3 aromatic carbocycles. The van der Waals surface area contributed by atoms with E-state index >= 15 is 0 Å². The van der Waals surface area contributed by atoms with Gasteiger partial charge >= 0.3 is 0 Å². The van der Waals surface area contributed by atoms with Gasteiger partial charge in [0, 0.05) is 22.9 Å². The Hall–Kier alpha value is -3.82. The standard InChI is InChI=1S/C25H17BrN2O3/c1-30-19-12-18(23(29)21(26)13-19)15-28-25-20(14-27)22(16-8-4-2-5-9-16)24(31-25)17-10-6-3-7-11-17/h2-13,15,29H,1H3. The molecule has 0 aliphatic rings. The van der Waals surface area contributed by atoms with Crippen LogP contribution in [0.2, 0.25) is 0 Å². The molecule has 1 N–H and O–H groups in total. The van der Waals surface area contributed by atoms with E-state index in [4.69, 9.17) is 9.15 Å². The first-order chi connectivity index (χ1) is 15.1. The Morgan fingerprint density at radius 1 is 1.03 bits per heavy atom. The molecule has 0 aliphatic carbocycles. The minimum absolute atomic E-state index is 0.0150. The monoisotopic (exact) mass is 472 g/mol. The molecule has 0 unspecified atom stereocenters. The predicted octanol–water partition coefficient (Wildman–Crippen LogP) is 6.71. The van der Waals surface area contributed by atoms with Crippen LogP contribution < -0.4 is 4.74 Å². The summed E-state index contributed by atoms with van der Waals surface area (Å²) in [6, 6.07) is 24.7. The van der Waals surface area contributed by atoms with Crippen molar-refractivity contribution in [2.75, 3.05) is 7.11 Å². The Morgan fingerprint density at radius 2 is 1.68 bits per heavy atom. The number of ether oxygens (including phenoxy) is 1. The molecule has 0 saturated carbocycles. The Kier molecular flexibility index (Phi) is 5.87. The van der Waals surface area contributed by atoms with Gasteiger partial charge in [0.1, 0.15) is 28.9 Å². The van der Waals surface area contributed by atoms with Crippen LogP contribution >= 0.6 is 15.9 Å². The van der Waals surface area contributed by atoms with Crippen LogP contribution in [0.4, 0.5) is 5.88 Å². The molecule has 0 bridgehead atoms. The number of aliphatic imine (C=N–C) groups is 1. The summed E-state index contributed by atoms with van der Waals surface area (Å²) in [6.45, 7) is 0. The molecule has 1 heterocycles. The molecule has 0 radical (unpaired) electrons. The van der Waals surface area contributed by atoms with Crippen molar-refractivity contribution < 1.29 is 14.3 Å². The van der Waals surface area contributed by atoms with Crippen LogP contribution in [0.3, 0.4) is 0 Å². The number of hydrogen-bond donors (Lipinski definition) is 1. The van der Waals surface area contributed by atoms with Crippen molar-refractivity contribution in [3.05, 3.63) is 88.4 Å². The first kappa shape index (κ1) is 20.5. The van der Waals surface area contributed by atoms with E-state index in [1.54, 1.807) is 19.2 Å². The van der Waals surface area contributed by atoms with Crippen LogP contribution in [-0.4, -0.2) is 18.4 Å². The van der Waals surface area contributed by atoms with Crippen molar-refractivity contribution in [3.63, 3.8) is 0 Å². The first-order valence-corrected chi connectivity index (χ1v) is 10.2. The zero-order valence-electron chi connectivity index (χ0n) is 16.5. The number of phenols is 1. The molecular weight excluding hydrogens is 456 g/mol. The molecule has 31 heavy (non-hydrogen) atoms. The van der Waals surface area contributed by atoms with Gasteiger partial charge in [-0.3, -0.25) is 0 Å². The van der Waals surface area contributed by atoms with Gasteiger partial charge in [0.2, 0.25) is 5.88 Å². The number of furan rings is 1. The second-order valence-corrected chi connectivity index (χ2v) is 7.49. The molecule has 0 spiro atoms. The number of nitrogens with zero attached hydrogens (tertiary/aromatic N) is 2. The molecule has 152 valence electrons. The van der Waals surface area contributed by atoms with Gasteiger partial charge in [0.15, 0.2) is 0 Å². The number of methoxy groups -OCH3 is 1. The smallest absolute Gasteiger partial charge is 0.238 e. The van der Waals surface area contributed by atoms with Gasteiger partial charge in [-0.15, -0.1) is 0 Å². The molecule has 0 aliphatic heterocycles. The molecule has 4 rings (SSSR count). The van der Waals surface area contributed by atoms with Crippen LogP contribution in [0.25, 0.3) is 22.5 Å². The Labute approximate surface area is 188 Å². The second kappa shape index (κ2) is 8.90. The van der Waals surface area contributed by atoms with Gasteiger partial charge in [-0.25, -0.2) is 4.99 Å². The normalized spacial score (nSPS) is 10.9. The second-order valence-electron chi connectivity index (χ2n) is 6.64. The van der Waals surface area contributed by atoms with Crippen LogP contribution in [0.15, 0.2) is 86.7 Å². The molecule has 6 heteroatoms. The van der Waals surface area contributed by atoms with Crippen molar-refractivity contribution in [2.45, 2.75) is 0 Å². The predicted molar refractivity (Wildman–Crippen MR) is 124 cm³/mol. The molecule has 5 nitrogen and oxygen atoms in total. The Morgan fingerprint density at radius 3 is 2.29 bits per heavy atom. The molecule has 1 aromatic heterocycles. The number of phenolic OH excluding ortho intramolecular Hbond substituents is 1. The summed E-state index contributed by atoms with van der Waals surface area (Å²) in [6.07, 6.45) is 1.45. The van der Waals surface area contributed by atoms with E-state index < -0.39 is 0 Å². The van der Waals surface area contributed by atoms with E-state index in [9.17, 15) is 10.4 Å². The minimum Gasteiger partial charge on any atom is -0.506 e. The molecule has 4 aromatic rings. The van der Waals surface area contributed by atoms with Crippen LogP contribution in [0.5, 0.6) is 11.5 Å². The number of nitriles is 1. The van der Waals surface area contributed by atoms with E-state index in [1.165, 1.54) is 6.21 Å². The zero-order chi connectivity index (χ0) is 21.8. The fourth-order valence-corrected chi connectivity index (χ4v) is 3.68. The highest BCUT2D eigenvalue weighted by Gasteiger charge is 2.22.